The normalized spacial score (nSPS) is 18.1. The van der Waals surface area contributed by atoms with Crippen molar-refractivity contribution in [1.29, 1.82) is 0 Å². The molecule has 3 aromatic rings. The quantitative estimate of drug-likeness (QED) is 0.378. The van der Waals surface area contributed by atoms with Gasteiger partial charge in [0.05, 0.1) is 20.8 Å². The Bertz CT molecular complexity index is 1090. The Morgan fingerprint density at radius 1 is 0.758 bits per heavy atom. The summed E-state index contributed by atoms with van der Waals surface area (Å²) >= 11 is 0. The standard InChI is InChI=1S/C27H27F3O3/c1-31-21-10-7-19(8-11-21)22-12-14-25(27(30)26(22)29)33-16-17-3-5-18(6-4-17)20-9-13-24(32-2)23(28)15-20/h7-15,17-18H,3-6,16H2,1-2H3. The van der Waals surface area contributed by atoms with Gasteiger partial charge in [0, 0.05) is 5.56 Å². The molecule has 3 nitrogen and oxygen atoms in total. The van der Waals surface area contributed by atoms with E-state index in [1.54, 1.807) is 43.5 Å². The number of ether oxygens (including phenoxy) is 3. The molecule has 1 aliphatic rings. The third-order valence-electron chi connectivity index (χ3n) is 6.42. The molecule has 0 aromatic heterocycles. The zero-order valence-electron chi connectivity index (χ0n) is 18.7. The average Bonchev–Trinajstić information content (AvgIpc) is 2.85. The van der Waals surface area contributed by atoms with Crippen LogP contribution in [-0.4, -0.2) is 20.8 Å². The molecule has 0 heterocycles. The topological polar surface area (TPSA) is 27.7 Å². The maximum Gasteiger partial charge on any atom is 0.201 e. The van der Waals surface area contributed by atoms with Crippen molar-refractivity contribution >= 4 is 0 Å². The molecule has 1 fully saturated rings. The van der Waals surface area contributed by atoms with E-state index in [2.05, 4.69) is 0 Å². The average molecular weight is 457 g/mol. The number of hydrogen-bond donors (Lipinski definition) is 0. The number of methoxy groups -OCH3 is 2. The van der Waals surface area contributed by atoms with Gasteiger partial charge in [-0.1, -0.05) is 18.2 Å². The largest absolute Gasteiger partial charge is 0.497 e. The van der Waals surface area contributed by atoms with Gasteiger partial charge in [-0.15, -0.1) is 0 Å². The second kappa shape index (κ2) is 10.2. The molecule has 0 atom stereocenters. The number of benzene rings is 3. The van der Waals surface area contributed by atoms with Crippen molar-refractivity contribution in [2.24, 2.45) is 5.92 Å². The first-order valence-electron chi connectivity index (χ1n) is 11.1. The zero-order valence-corrected chi connectivity index (χ0v) is 18.7. The Kier molecular flexibility index (Phi) is 7.11. The molecule has 174 valence electrons. The van der Waals surface area contributed by atoms with Gasteiger partial charge in [0.15, 0.2) is 23.1 Å². The van der Waals surface area contributed by atoms with E-state index < -0.39 is 11.6 Å². The highest BCUT2D eigenvalue weighted by molar-refractivity contribution is 5.66. The Hall–Kier alpha value is -3.15. The van der Waals surface area contributed by atoms with E-state index in [9.17, 15) is 13.2 Å². The summed E-state index contributed by atoms with van der Waals surface area (Å²) in [6.45, 7) is 0.321. The van der Waals surface area contributed by atoms with Gasteiger partial charge in [-0.3, -0.25) is 0 Å². The lowest BCUT2D eigenvalue weighted by Crippen LogP contribution is -2.19. The summed E-state index contributed by atoms with van der Waals surface area (Å²) in [5, 5.41) is 0. The third-order valence-corrected chi connectivity index (χ3v) is 6.42. The molecule has 3 aromatic carbocycles. The lowest BCUT2D eigenvalue weighted by atomic mass is 9.79. The fourth-order valence-electron chi connectivity index (χ4n) is 4.44. The van der Waals surface area contributed by atoms with Gasteiger partial charge < -0.3 is 14.2 Å². The van der Waals surface area contributed by atoms with Gasteiger partial charge >= 0.3 is 0 Å². The summed E-state index contributed by atoms with van der Waals surface area (Å²) in [6, 6.07) is 14.9. The molecular weight excluding hydrogens is 429 g/mol. The van der Waals surface area contributed by atoms with Gasteiger partial charge in [-0.2, -0.15) is 4.39 Å². The molecule has 0 amide bonds. The van der Waals surface area contributed by atoms with Gasteiger partial charge in [-0.25, -0.2) is 8.78 Å². The monoisotopic (exact) mass is 456 g/mol. The number of rotatable bonds is 7. The van der Waals surface area contributed by atoms with Crippen molar-refractivity contribution in [1.82, 2.24) is 0 Å². The summed E-state index contributed by atoms with van der Waals surface area (Å²) in [5.41, 5.74) is 1.71. The maximum absolute atomic E-state index is 14.7. The van der Waals surface area contributed by atoms with Crippen LogP contribution in [0.5, 0.6) is 17.2 Å². The molecule has 0 bridgehead atoms. The van der Waals surface area contributed by atoms with Gasteiger partial charge in [0.2, 0.25) is 5.82 Å². The molecule has 0 aliphatic heterocycles. The van der Waals surface area contributed by atoms with Crippen LogP contribution >= 0.6 is 0 Å². The minimum absolute atomic E-state index is 0.0795. The van der Waals surface area contributed by atoms with Crippen LogP contribution in [0, 0.1) is 23.4 Å². The molecule has 1 aliphatic carbocycles. The molecular formula is C27H27F3O3. The van der Waals surface area contributed by atoms with Crippen molar-refractivity contribution in [3.63, 3.8) is 0 Å². The first-order chi connectivity index (χ1) is 16.0. The van der Waals surface area contributed by atoms with Crippen LogP contribution in [0.3, 0.4) is 0 Å². The molecule has 6 heteroatoms. The third kappa shape index (κ3) is 5.10. The van der Waals surface area contributed by atoms with Crippen LogP contribution in [0.15, 0.2) is 54.6 Å². The van der Waals surface area contributed by atoms with E-state index in [4.69, 9.17) is 14.2 Å². The number of hydrogen-bond acceptors (Lipinski definition) is 3. The summed E-state index contributed by atoms with van der Waals surface area (Å²) in [4.78, 5) is 0. The Morgan fingerprint density at radius 3 is 2.09 bits per heavy atom. The van der Waals surface area contributed by atoms with Crippen molar-refractivity contribution in [2.75, 3.05) is 20.8 Å². The van der Waals surface area contributed by atoms with E-state index in [1.165, 1.54) is 19.2 Å². The van der Waals surface area contributed by atoms with E-state index in [-0.39, 0.29) is 34.7 Å². The second-order valence-electron chi connectivity index (χ2n) is 8.39. The van der Waals surface area contributed by atoms with Gasteiger partial charge in [0.25, 0.3) is 0 Å². The van der Waals surface area contributed by atoms with E-state index in [0.717, 1.165) is 31.2 Å². The Balaban J connectivity index is 1.35. The van der Waals surface area contributed by atoms with Crippen molar-refractivity contribution in [3.05, 3.63) is 77.6 Å². The maximum atomic E-state index is 14.7. The molecule has 33 heavy (non-hydrogen) atoms. The van der Waals surface area contributed by atoms with Gasteiger partial charge in [0.1, 0.15) is 5.75 Å². The van der Waals surface area contributed by atoms with Crippen LogP contribution in [0.25, 0.3) is 11.1 Å². The molecule has 0 radical (unpaired) electrons. The van der Waals surface area contributed by atoms with E-state index >= 15 is 0 Å². The molecule has 0 unspecified atom stereocenters. The predicted molar refractivity (Wildman–Crippen MR) is 121 cm³/mol. The van der Waals surface area contributed by atoms with Crippen LogP contribution in [0.2, 0.25) is 0 Å². The molecule has 0 spiro atoms. The van der Waals surface area contributed by atoms with Crippen molar-refractivity contribution in [3.8, 4) is 28.4 Å². The van der Waals surface area contributed by atoms with E-state index in [0.29, 0.717) is 17.9 Å². The minimum Gasteiger partial charge on any atom is -0.497 e. The summed E-state index contributed by atoms with van der Waals surface area (Å²) in [7, 11) is 3.00. The molecule has 0 saturated heterocycles. The van der Waals surface area contributed by atoms with Crippen molar-refractivity contribution < 1.29 is 27.4 Å². The van der Waals surface area contributed by atoms with Crippen LogP contribution < -0.4 is 14.2 Å². The highest BCUT2D eigenvalue weighted by Gasteiger charge is 2.24. The smallest absolute Gasteiger partial charge is 0.201 e. The first kappa shape index (κ1) is 23.0. The second-order valence-corrected chi connectivity index (χ2v) is 8.39. The SMILES string of the molecule is COc1ccc(-c2ccc(OCC3CCC(c4ccc(OC)c(F)c4)CC3)c(F)c2F)cc1. The van der Waals surface area contributed by atoms with Crippen LogP contribution in [-0.2, 0) is 0 Å². The van der Waals surface area contributed by atoms with Gasteiger partial charge in [-0.05, 0) is 85.0 Å². The minimum atomic E-state index is -0.981. The lowest BCUT2D eigenvalue weighted by molar-refractivity contribution is 0.192. The summed E-state index contributed by atoms with van der Waals surface area (Å²) in [5.74, 6) is -0.930. The first-order valence-corrected chi connectivity index (χ1v) is 11.1. The fourth-order valence-corrected chi connectivity index (χ4v) is 4.44. The predicted octanol–water partition coefficient (Wildman–Crippen LogP) is 7.14. The van der Waals surface area contributed by atoms with Crippen LogP contribution in [0.1, 0.15) is 37.2 Å². The fraction of sp³-hybridized carbons (Fsp3) is 0.333. The van der Waals surface area contributed by atoms with Crippen molar-refractivity contribution in [2.45, 2.75) is 31.6 Å². The molecule has 1 saturated carbocycles. The highest BCUT2D eigenvalue weighted by Crippen LogP contribution is 2.38. The van der Waals surface area contributed by atoms with E-state index in [1.807, 2.05) is 6.07 Å². The highest BCUT2D eigenvalue weighted by atomic mass is 19.2. The Labute approximate surface area is 192 Å². The Morgan fingerprint density at radius 2 is 1.45 bits per heavy atom. The summed E-state index contributed by atoms with van der Waals surface area (Å²) in [6.07, 6.45) is 3.55. The summed E-state index contributed by atoms with van der Waals surface area (Å²) < 4.78 is 59.1. The van der Waals surface area contributed by atoms with Crippen LogP contribution in [0.4, 0.5) is 13.2 Å². The molecule has 4 rings (SSSR count). The molecule has 0 N–H and O–H groups in total. The lowest BCUT2D eigenvalue weighted by Gasteiger charge is -2.29. The number of halogens is 3. The zero-order chi connectivity index (χ0) is 23.4.